The van der Waals surface area contributed by atoms with Crippen LogP contribution in [0.1, 0.15) is 107 Å². The summed E-state index contributed by atoms with van der Waals surface area (Å²) in [6, 6.07) is 19.7. The fraction of sp³-hybridized carbons (Fsp3) is 0.513. The van der Waals surface area contributed by atoms with E-state index in [4.69, 9.17) is 18.9 Å². The van der Waals surface area contributed by atoms with E-state index in [0.29, 0.717) is 6.61 Å². The fourth-order valence-electron chi connectivity index (χ4n) is 6.29. The van der Waals surface area contributed by atoms with Crippen molar-refractivity contribution in [3.05, 3.63) is 82.4 Å². The Morgan fingerprint density at radius 3 is 2.11 bits per heavy atom. The Balaban J connectivity index is 1.73. The van der Waals surface area contributed by atoms with Crippen molar-refractivity contribution >= 4 is 5.71 Å². The molecule has 0 radical (unpaired) electrons. The fourth-order valence-corrected chi connectivity index (χ4v) is 6.29. The quantitative estimate of drug-likeness (QED) is 0.129. The maximum Gasteiger partial charge on any atom is 0.191 e. The van der Waals surface area contributed by atoms with E-state index in [9.17, 15) is 0 Å². The lowest BCUT2D eigenvalue weighted by atomic mass is 9.83. The molecule has 1 aliphatic heterocycles. The molecule has 238 valence electrons. The molecule has 0 amide bonds. The standard InChI is InChI=1S/C39H54NO4/c1-9-10-11-12-13-14-24-44-38-31(16-15-17-34(38)41-6)27-40-23-22-30-25-35(42-7)36(43-8)26-33(30)37(40)28(2)29-18-20-32(21-19-29)39(3,4)5/h15-21,25-26,28H,9-14,22-24,27H2,1-8H3/q+1. The summed E-state index contributed by atoms with van der Waals surface area (Å²) < 4.78 is 26.3. The molecule has 1 atom stereocenters. The molecule has 0 aromatic heterocycles. The summed E-state index contributed by atoms with van der Waals surface area (Å²) in [4.78, 5) is 0. The number of unbranched alkanes of at least 4 members (excludes halogenated alkanes) is 5. The highest BCUT2D eigenvalue weighted by Gasteiger charge is 2.33. The van der Waals surface area contributed by atoms with Crippen LogP contribution in [0.15, 0.2) is 54.6 Å². The highest BCUT2D eigenvalue weighted by molar-refractivity contribution is 6.03. The predicted molar refractivity (Wildman–Crippen MR) is 182 cm³/mol. The van der Waals surface area contributed by atoms with Crippen LogP contribution >= 0.6 is 0 Å². The Morgan fingerprint density at radius 1 is 0.795 bits per heavy atom. The highest BCUT2D eigenvalue weighted by atomic mass is 16.5. The van der Waals surface area contributed by atoms with E-state index in [1.807, 2.05) is 6.07 Å². The summed E-state index contributed by atoms with van der Waals surface area (Å²) in [5.41, 5.74) is 7.70. The van der Waals surface area contributed by atoms with Crippen molar-refractivity contribution in [2.45, 2.75) is 97.4 Å². The number of nitrogens with zero attached hydrogens (tertiary/aromatic N) is 1. The van der Waals surface area contributed by atoms with Gasteiger partial charge in [0, 0.05) is 12.0 Å². The van der Waals surface area contributed by atoms with Gasteiger partial charge in [-0.05, 0) is 59.7 Å². The van der Waals surface area contributed by atoms with Crippen molar-refractivity contribution in [1.82, 2.24) is 0 Å². The number of para-hydroxylation sites is 1. The summed E-state index contributed by atoms with van der Waals surface area (Å²) >= 11 is 0. The maximum absolute atomic E-state index is 6.47. The number of rotatable bonds is 15. The van der Waals surface area contributed by atoms with Crippen LogP contribution < -0.4 is 18.9 Å². The van der Waals surface area contributed by atoms with Crippen LogP contribution in [-0.2, 0) is 18.4 Å². The molecule has 4 rings (SSSR count). The number of ether oxygens (including phenoxy) is 4. The molecule has 0 N–H and O–H groups in total. The van der Waals surface area contributed by atoms with Crippen molar-refractivity contribution in [3.63, 3.8) is 0 Å². The minimum absolute atomic E-state index is 0.112. The predicted octanol–water partition coefficient (Wildman–Crippen LogP) is 9.11. The third kappa shape index (κ3) is 7.97. The van der Waals surface area contributed by atoms with E-state index in [2.05, 4.69) is 87.7 Å². The molecule has 44 heavy (non-hydrogen) atoms. The van der Waals surface area contributed by atoms with Gasteiger partial charge in [-0.15, -0.1) is 0 Å². The van der Waals surface area contributed by atoms with Crippen LogP contribution in [-0.4, -0.2) is 44.8 Å². The second-order valence-electron chi connectivity index (χ2n) is 13.1. The molecule has 5 nitrogen and oxygen atoms in total. The third-order valence-corrected chi connectivity index (χ3v) is 8.95. The summed E-state index contributed by atoms with van der Waals surface area (Å²) in [6.07, 6.45) is 8.33. The molecular formula is C39H54NO4+. The summed E-state index contributed by atoms with van der Waals surface area (Å²) in [6.45, 7) is 13.7. The van der Waals surface area contributed by atoms with Crippen molar-refractivity contribution in [3.8, 4) is 23.0 Å². The molecule has 1 aliphatic rings. The maximum atomic E-state index is 6.47. The van der Waals surface area contributed by atoms with Gasteiger partial charge in [-0.2, -0.15) is 0 Å². The van der Waals surface area contributed by atoms with Crippen LogP contribution in [0.3, 0.4) is 0 Å². The van der Waals surface area contributed by atoms with Gasteiger partial charge >= 0.3 is 0 Å². The first-order valence-corrected chi connectivity index (χ1v) is 16.5. The molecule has 3 aromatic carbocycles. The van der Waals surface area contributed by atoms with Crippen LogP contribution in [0.5, 0.6) is 23.0 Å². The lowest BCUT2D eigenvalue weighted by Crippen LogP contribution is -2.33. The monoisotopic (exact) mass is 600 g/mol. The van der Waals surface area contributed by atoms with Gasteiger partial charge < -0.3 is 18.9 Å². The van der Waals surface area contributed by atoms with Gasteiger partial charge in [0.25, 0.3) is 0 Å². The van der Waals surface area contributed by atoms with E-state index < -0.39 is 0 Å². The minimum atomic E-state index is 0.112. The van der Waals surface area contributed by atoms with Gasteiger partial charge in [0.2, 0.25) is 0 Å². The molecule has 0 aliphatic carbocycles. The highest BCUT2D eigenvalue weighted by Crippen LogP contribution is 2.37. The van der Waals surface area contributed by atoms with E-state index in [1.54, 1.807) is 21.3 Å². The average Bonchev–Trinajstić information content (AvgIpc) is 3.03. The van der Waals surface area contributed by atoms with Gasteiger partial charge in [-0.25, -0.2) is 4.58 Å². The van der Waals surface area contributed by atoms with E-state index >= 15 is 0 Å². The molecule has 0 fully saturated rings. The molecule has 3 aromatic rings. The average molecular weight is 601 g/mol. The Bertz CT molecular complexity index is 1400. The second-order valence-corrected chi connectivity index (χ2v) is 13.1. The zero-order valence-corrected chi connectivity index (χ0v) is 28.4. The van der Waals surface area contributed by atoms with E-state index in [1.165, 1.54) is 60.1 Å². The van der Waals surface area contributed by atoms with E-state index in [-0.39, 0.29) is 11.3 Å². The van der Waals surface area contributed by atoms with Gasteiger partial charge in [-0.3, -0.25) is 0 Å². The van der Waals surface area contributed by atoms with Crippen molar-refractivity contribution in [2.24, 2.45) is 0 Å². The Labute approximate surface area is 266 Å². The molecule has 0 spiro atoms. The summed E-state index contributed by atoms with van der Waals surface area (Å²) in [7, 11) is 5.15. The molecule has 5 heteroatoms. The van der Waals surface area contributed by atoms with Crippen LogP contribution in [0.2, 0.25) is 0 Å². The first kappa shape index (κ1) is 33.4. The zero-order chi connectivity index (χ0) is 31.7. The molecular weight excluding hydrogens is 546 g/mol. The number of hydrogen-bond donors (Lipinski definition) is 0. The first-order valence-electron chi connectivity index (χ1n) is 16.5. The van der Waals surface area contributed by atoms with Gasteiger partial charge in [-0.1, -0.05) is 90.1 Å². The molecule has 0 bridgehead atoms. The molecule has 1 unspecified atom stereocenters. The zero-order valence-electron chi connectivity index (χ0n) is 28.4. The van der Waals surface area contributed by atoms with Gasteiger partial charge in [0.15, 0.2) is 35.3 Å². The summed E-state index contributed by atoms with van der Waals surface area (Å²) in [5.74, 6) is 3.36. The van der Waals surface area contributed by atoms with Crippen molar-refractivity contribution < 1.29 is 23.5 Å². The molecule has 0 saturated heterocycles. The van der Waals surface area contributed by atoms with Gasteiger partial charge in [0.05, 0.1) is 39.4 Å². The SMILES string of the molecule is CCCCCCCCOc1c(C[N+]2=C(C(C)c3ccc(C(C)(C)C)cc3)c3cc(OC)c(OC)cc3CC2)cccc1OC. The first-order chi connectivity index (χ1) is 21.2. The van der Waals surface area contributed by atoms with Crippen molar-refractivity contribution in [2.75, 3.05) is 34.5 Å². The topological polar surface area (TPSA) is 39.9 Å². The lowest BCUT2D eigenvalue weighted by Gasteiger charge is -2.25. The molecule has 0 saturated carbocycles. The number of benzene rings is 3. The molecule has 1 heterocycles. The van der Waals surface area contributed by atoms with Crippen molar-refractivity contribution in [1.29, 1.82) is 0 Å². The Morgan fingerprint density at radius 2 is 1.45 bits per heavy atom. The van der Waals surface area contributed by atoms with Crippen LogP contribution in [0, 0.1) is 0 Å². The smallest absolute Gasteiger partial charge is 0.191 e. The number of fused-ring (bicyclic) bond motifs is 1. The number of methoxy groups -OCH3 is 3. The van der Waals surface area contributed by atoms with Crippen LogP contribution in [0.4, 0.5) is 0 Å². The lowest BCUT2D eigenvalue weighted by molar-refractivity contribution is -0.546. The Hall–Kier alpha value is -3.47. The summed E-state index contributed by atoms with van der Waals surface area (Å²) in [5, 5.41) is 0. The van der Waals surface area contributed by atoms with Crippen LogP contribution in [0.25, 0.3) is 0 Å². The third-order valence-electron chi connectivity index (χ3n) is 8.95. The second kappa shape index (κ2) is 15.5. The van der Waals surface area contributed by atoms with Gasteiger partial charge in [0.1, 0.15) is 6.54 Å². The Kier molecular flexibility index (Phi) is 11.8. The number of hydrogen-bond acceptors (Lipinski definition) is 4. The largest absolute Gasteiger partial charge is 0.493 e. The minimum Gasteiger partial charge on any atom is -0.493 e. The van der Waals surface area contributed by atoms with E-state index in [0.717, 1.165) is 54.5 Å². The normalized spacial score (nSPS) is 13.8.